The van der Waals surface area contributed by atoms with E-state index in [1.54, 1.807) is 30.1 Å². The van der Waals surface area contributed by atoms with Gasteiger partial charge in [-0.3, -0.25) is 9.78 Å². The number of halogens is 1. The number of pyridine rings is 2. The summed E-state index contributed by atoms with van der Waals surface area (Å²) in [6.07, 6.45) is 5.20. The van der Waals surface area contributed by atoms with Crippen LogP contribution < -0.4 is 10.9 Å². The highest BCUT2D eigenvalue weighted by molar-refractivity contribution is 6.30. The van der Waals surface area contributed by atoms with Crippen molar-refractivity contribution in [2.75, 3.05) is 5.32 Å². The minimum atomic E-state index is -0.0408. The molecule has 3 aromatic heterocycles. The molecule has 0 unspecified atom stereocenters. The molecule has 0 saturated heterocycles. The maximum Gasteiger partial charge on any atom is 0.250 e. The molecule has 0 saturated carbocycles. The molecular formula is C21H18ClN5O. The fourth-order valence-corrected chi connectivity index (χ4v) is 3.26. The summed E-state index contributed by atoms with van der Waals surface area (Å²) in [5.41, 5.74) is 3.72. The zero-order valence-corrected chi connectivity index (χ0v) is 16.2. The molecule has 4 rings (SSSR count). The lowest BCUT2D eigenvalue weighted by molar-refractivity contribution is 0.862. The lowest BCUT2D eigenvalue weighted by Crippen LogP contribution is -2.13. The Morgan fingerprint density at radius 3 is 2.68 bits per heavy atom. The SMILES string of the molecule is Cc1nc(NCc2cncc(Cl)c2)c2cc(-c3ccc(=O)n(C)c3)ccc2n1. The van der Waals surface area contributed by atoms with Gasteiger partial charge in [-0.15, -0.1) is 0 Å². The molecule has 6 nitrogen and oxygen atoms in total. The van der Waals surface area contributed by atoms with Gasteiger partial charge in [-0.25, -0.2) is 9.97 Å². The molecule has 28 heavy (non-hydrogen) atoms. The second-order valence-electron chi connectivity index (χ2n) is 6.58. The van der Waals surface area contributed by atoms with Crippen LogP contribution in [0.2, 0.25) is 5.02 Å². The summed E-state index contributed by atoms with van der Waals surface area (Å²) in [6.45, 7) is 2.41. The molecule has 4 aromatic rings. The van der Waals surface area contributed by atoms with E-state index in [-0.39, 0.29) is 5.56 Å². The maximum absolute atomic E-state index is 11.7. The first kappa shape index (κ1) is 18.1. The highest BCUT2D eigenvalue weighted by Gasteiger charge is 2.09. The number of aryl methyl sites for hydroxylation is 2. The Bertz CT molecular complexity index is 1240. The second-order valence-corrected chi connectivity index (χ2v) is 7.02. The molecule has 1 aromatic carbocycles. The largest absolute Gasteiger partial charge is 0.365 e. The minimum Gasteiger partial charge on any atom is -0.365 e. The number of aromatic nitrogens is 4. The molecule has 0 fully saturated rings. The number of nitrogens with zero attached hydrogens (tertiary/aromatic N) is 4. The van der Waals surface area contributed by atoms with E-state index in [4.69, 9.17) is 11.6 Å². The molecule has 0 amide bonds. The molecule has 0 aliphatic heterocycles. The van der Waals surface area contributed by atoms with Gasteiger partial charge in [-0.05, 0) is 47.9 Å². The molecule has 0 aliphatic carbocycles. The average molecular weight is 392 g/mol. The predicted molar refractivity (Wildman–Crippen MR) is 112 cm³/mol. The van der Waals surface area contributed by atoms with E-state index in [2.05, 4.69) is 20.3 Å². The van der Waals surface area contributed by atoms with E-state index in [0.717, 1.165) is 33.4 Å². The van der Waals surface area contributed by atoms with E-state index in [1.807, 2.05) is 43.5 Å². The normalized spacial score (nSPS) is 11.0. The van der Waals surface area contributed by atoms with Crippen molar-refractivity contribution in [3.63, 3.8) is 0 Å². The van der Waals surface area contributed by atoms with Crippen molar-refractivity contribution in [1.82, 2.24) is 19.5 Å². The van der Waals surface area contributed by atoms with Crippen molar-refractivity contribution in [1.29, 1.82) is 0 Å². The summed E-state index contributed by atoms with van der Waals surface area (Å²) in [5, 5.41) is 4.87. The molecule has 0 atom stereocenters. The highest BCUT2D eigenvalue weighted by atomic mass is 35.5. The number of fused-ring (bicyclic) bond motifs is 1. The van der Waals surface area contributed by atoms with Crippen LogP contribution in [-0.4, -0.2) is 19.5 Å². The quantitative estimate of drug-likeness (QED) is 0.570. The van der Waals surface area contributed by atoms with E-state index in [1.165, 1.54) is 0 Å². The number of rotatable bonds is 4. The van der Waals surface area contributed by atoms with E-state index >= 15 is 0 Å². The van der Waals surface area contributed by atoms with Crippen molar-refractivity contribution in [2.45, 2.75) is 13.5 Å². The van der Waals surface area contributed by atoms with Gasteiger partial charge in [0.15, 0.2) is 0 Å². The Morgan fingerprint density at radius 1 is 1.07 bits per heavy atom. The topological polar surface area (TPSA) is 72.7 Å². The van der Waals surface area contributed by atoms with Crippen LogP contribution in [0.5, 0.6) is 0 Å². The first-order chi connectivity index (χ1) is 13.5. The number of hydrogen-bond donors (Lipinski definition) is 1. The number of nitrogens with one attached hydrogen (secondary N) is 1. The Morgan fingerprint density at radius 2 is 1.89 bits per heavy atom. The van der Waals surface area contributed by atoms with Crippen LogP contribution in [0.15, 0.2) is 59.8 Å². The van der Waals surface area contributed by atoms with Crippen molar-refractivity contribution in [3.05, 3.63) is 81.8 Å². The molecule has 3 heterocycles. The summed E-state index contributed by atoms with van der Waals surface area (Å²) in [7, 11) is 1.74. The standard InChI is InChI=1S/C21H18ClN5O/c1-13-25-19-5-3-15(16-4-6-20(28)27(2)12-16)8-18(19)21(26-13)24-10-14-7-17(22)11-23-9-14/h3-9,11-12H,10H2,1-2H3,(H,24,25,26). The van der Waals surface area contributed by atoms with Gasteiger partial charge in [0, 0.05) is 43.6 Å². The smallest absolute Gasteiger partial charge is 0.250 e. The van der Waals surface area contributed by atoms with E-state index in [0.29, 0.717) is 17.4 Å². The summed E-state index contributed by atoms with van der Waals surface area (Å²) >= 11 is 6.02. The van der Waals surface area contributed by atoms with Gasteiger partial charge in [0.2, 0.25) is 5.56 Å². The fraction of sp³-hybridized carbons (Fsp3) is 0.143. The monoisotopic (exact) mass is 391 g/mol. The molecule has 0 spiro atoms. The first-order valence-electron chi connectivity index (χ1n) is 8.78. The summed E-state index contributed by atoms with van der Waals surface area (Å²) in [6, 6.07) is 11.3. The Hall–Kier alpha value is -3.25. The molecular weight excluding hydrogens is 374 g/mol. The zero-order valence-electron chi connectivity index (χ0n) is 15.5. The number of hydrogen-bond acceptors (Lipinski definition) is 5. The van der Waals surface area contributed by atoms with E-state index < -0.39 is 0 Å². The van der Waals surface area contributed by atoms with Crippen molar-refractivity contribution >= 4 is 28.3 Å². The van der Waals surface area contributed by atoms with Crippen LogP contribution >= 0.6 is 11.6 Å². The van der Waals surface area contributed by atoms with Gasteiger partial charge < -0.3 is 9.88 Å². The lowest BCUT2D eigenvalue weighted by atomic mass is 10.0. The third-order valence-electron chi connectivity index (χ3n) is 4.45. The third kappa shape index (κ3) is 3.73. The van der Waals surface area contributed by atoms with Gasteiger partial charge in [0.1, 0.15) is 11.6 Å². The molecule has 7 heteroatoms. The predicted octanol–water partition coefficient (Wildman–Crippen LogP) is 3.96. The molecule has 0 aliphatic rings. The van der Waals surface area contributed by atoms with Crippen molar-refractivity contribution in [2.24, 2.45) is 7.05 Å². The van der Waals surface area contributed by atoms with Crippen molar-refractivity contribution < 1.29 is 0 Å². The Labute approximate surface area is 166 Å². The first-order valence-corrected chi connectivity index (χ1v) is 9.16. The average Bonchev–Trinajstić information content (AvgIpc) is 2.68. The van der Waals surface area contributed by atoms with Crippen LogP contribution in [-0.2, 0) is 13.6 Å². The Kier molecular flexibility index (Phi) is 4.79. The van der Waals surface area contributed by atoms with Crippen LogP contribution in [0.4, 0.5) is 5.82 Å². The van der Waals surface area contributed by atoms with Gasteiger partial charge in [-0.2, -0.15) is 0 Å². The Balaban J connectivity index is 1.74. The van der Waals surface area contributed by atoms with Crippen LogP contribution in [0.1, 0.15) is 11.4 Å². The molecule has 0 bridgehead atoms. The van der Waals surface area contributed by atoms with Crippen molar-refractivity contribution in [3.8, 4) is 11.1 Å². The molecule has 140 valence electrons. The van der Waals surface area contributed by atoms with Crippen LogP contribution in [0, 0.1) is 6.92 Å². The summed E-state index contributed by atoms with van der Waals surface area (Å²) in [5.74, 6) is 1.43. The zero-order chi connectivity index (χ0) is 19.7. The van der Waals surface area contributed by atoms with Gasteiger partial charge >= 0.3 is 0 Å². The highest BCUT2D eigenvalue weighted by Crippen LogP contribution is 2.27. The summed E-state index contributed by atoms with van der Waals surface area (Å²) in [4.78, 5) is 24.9. The lowest BCUT2D eigenvalue weighted by Gasteiger charge is -2.12. The minimum absolute atomic E-state index is 0.0408. The van der Waals surface area contributed by atoms with Crippen LogP contribution in [0.3, 0.4) is 0 Å². The third-order valence-corrected chi connectivity index (χ3v) is 4.65. The molecule has 0 radical (unpaired) electrons. The second kappa shape index (κ2) is 7.40. The maximum atomic E-state index is 11.7. The summed E-state index contributed by atoms with van der Waals surface area (Å²) < 4.78 is 1.57. The van der Waals surface area contributed by atoms with Gasteiger partial charge in [0.05, 0.1) is 10.5 Å². The molecule has 1 N–H and O–H groups in total. The number of benzene rings is 1. The van der Waals surface area contributed by atoms with Crippen LogP contribution in [0.25, 0.3) is 22.0 Å². The fourth-order valence-electron chi connectivity index (χ4n) is 3.06. The number of anilines is 1. The van der Waals surface area contributed by atoms with E-state index in [9.17, 15) is 4.79 Å². The van der Waals surface area contributed by atoms with Gasteiger partial charge in [-0.1, -0.05) is 17.7 Å². The van der Waals surface area contributed by atoms with Gasteiger partial charge in [0.25, 0.3) is 0 Å².